The lowest BCUT2D eigenvalue weighted by atomic mass is 9.96. The average Bonchev–Trinajstić information content (AvgIpc) is 2.87. The standard InChI is InChI=1S/C28H29ClN4O3/c1-17(2)11-25-27(35)32-23-14-20(26(34)31-16-19-6-3-5-18(12-19)15-30)9-10-24(23)33(25)28(36)21-7-4-8-22(29)13-21/h3-10,12-14,17,25H,11,15-16,30H2,1-2H3,(H,31,34)(H,32,35). The van der Waals surface area contributed by atoms with Gasteiger partial charge in [0.1, 0.15) is 6.04 Å². The summed E-state index contributed by atoms with van der Waals surface area (Å²) in [5, 5.41) is 6.23. The lowest BCUT2D eigenvalue weighted by Crippen LogP contribution is -2.51. The Balaban J connectivity index is 1.62. The molecule has 3 amide bonds. The molecule has 0 fully saturated rings. The molecule has 1 aliphatic rings. The van der Waals surface area contributed by atoms with Crippen LogP contribution in [-0.2, 0) is 17.9 Å². The number of anilines is 2. The monoisotopic (exact) mass is 504 g/mol. The Morgan fingerprint density at radius 3 is 2.50 bits per heavy atom. The van der Waals surface area contributed by atoms with E-state index in [1.54, 1.807) is 42.5 Å². The number of nitrogens with zero attached hydrogens (tertiary/aromatic N) is 1. The molecule has 3 aromatic rings. The van der Waals surface area contributed by atoms with Gasteiger partial charge in [-0.1, -0.05) is 55.8 Å². The molecule has 0 spiro atoms. The smallest absolute Gasteiger partial charge is 0.259 e. The van der Waals surface area contributed by atoms with Crippen LogP contribution in [0.4, 0.5) is 11.4 Å². The van der Waals surface area contributed by atoms with E-state index in [-0.39, 0.29) is 23.6 Å². The summed E-state index contributed by atoms with van der Waals surface area (Å²) >= 11 is 6.12. The van der Waals surface area contributed by atoms with E-state index in [9.17, 15) is 14.4 Å². The van der Waals surface area contributed by atoms with Gasteiger partial charge >= 0.3 is 0 Å². The van der Waals surface area contributed by atoms with Crippen molar-refractivity contribution in [3.63, 3.8) is 0 Å². The second-order valence-electron chi connectivity index (χ2n) is 9.26. The number of nitrogens with two attached hydrogens (primary N) is 1. The Morgan fingerprint density at radius 2 is 1.78 bits per heavy atom. The van der Waals surface area contributed by atoms with Gasteiger partial charge in [0, 0.05) is 29.2 Å². The highest BCUT2D eigenvalue weighted by Crippen LogP contribution is 2.36. The van der Waals surface area contributed by atoms with Gasteiger partial charge in [-0.25, -0.2) is 0 Å². The van der Waals surface area contributed by atoms with Crippen molar-refractivity contribution in [2.45, 2.75) is 39.4 Å². The molecular formula is C28H29ClN4O3. The normalized spacial score (nSPS) is 14.9. The topological polar surface area (TPSA) is 105 Å². The molecule has 8 heteroatoms. The number of carbonyl (C=O) groups is 3. The predicted octanol–water partition coefficient (Wildman–Crippen LogP) is 4.74. The number of rotatable bonds is 7. The first-order chi connectivity index (χ1) is 17.3. The summed E-state index contributed by atoms with van der Waals surface area (Å²) in [6, 6.07) is 18.6. The fourth-order valence-electron chi connectivity index (χ4n) is 4.31. The van der Waals surface area contributed by atoms with Crippen molar-refractivity contribution < 1.29 is 14.4 Å². The third-order valence-corrected chi connectivity index (χ3v) is 6.29. The maximum absolute atomic E-state index is 13.6. The lowest BCUT2D eigenvalue weighted by molar-refractivity contribution is -0.117. The second-order valence-corrected chi connectivity index (χ2v) is 9.70. The zero-order chi connectivity index (χ0) is 25.8. The molecule has 4 N–H and O–H groups in total. The molecule has 36 heavy (non-hydrogen) atoms. The highest BCUT2D eigenvalue weighted by Gasteiger charge is 2.38. The molecule has 0 bridgehead atoms. The second kappa shape index (κ2) is 10.9. The Labute approximate surface area is 215 Å². The molecule has 186 valence electrons. The highest BCUT2D eigenvalue weighted by molar-refractivity contribution is 6.31. The molecule has 1 aliphatic heterocycles. The molecule has 0 saturated carbocycles. The predicted molar refractivity (Wildman–Crippen MR) is 142 cm³/mol. The number of halogens is 1. The molecule has 1 unspecified atom stereocenters. The van der Waals surface area contributed by atoms with E-state index < -0.39 is 6.04 Å². The maximum Gasteiger partial charge on any atom is 0.259 e. The first kappa shape index (κ1) is 25.4. The van der Waals surface area contributed by atoms with Gasteiger partial charge in [-0.2, -0.15) is 0 Å². The zero-order valence-electron chi connectivity index (χ0n) is 20.3. The van der Waals surface area contributed by atoms with Gasteiger partial charge in [0.15, 0.2) is 0 Å². The lowest BCUT2D eigenvalue weighted by Gasteiger charge is -2.37. The third-order valence-electron chi connectivity index (χ3n) is 6.06. The van der Waals surface area contributed by atoms with Crippen molar-refractivity contribution in [1.29, 1.82) is 0 Å². The van der Waals surface area contributed by atoms with Crippen LogP contribution in [0.5, 0.6) is 0 Å². The number of amides is 3. The highest BCUT2D eigenvalue weighted by atomic mass is 35.5. The van der Waals surface area contributed by atoms with E-state index in [0.717, 1.165) is 11.1 Å². The van der Waals surface area contributed by atoms with Crippen LogP contribution < -0.4 is 21.3 Å². The van der Waals surface area contributed by atoms with Crippen LogP contribution in [-0.4, -0.2) is 23.8 Å². The summed E-state index contributed by atoms with van der Waals surface area (Å²) < 4.78 is 0. The summed E-state index contributed by atoms with van der Waals surface area (Å²) in [5.74, 6) is -0.721. The van der Waals surface area contributed by atoms with Crippen molar-refractivity contribution in [2.75, 3.05) is 10.2 Å². The summed E-state index contributed by atoms with van der Waals surface area (Å²) in [7, 11) is 0. The van der Waals surface area contributed by atoms with Crippen molar-refractivity contribution in [3.8, 4) is 0 Å². The van der Waals surface area contributed by atoms with Gasteiger partial charge < -0.3 is 16.4 Å². The van der Waals surface area contributed by atoms with Gasteiger partial charge in [-0.05, 0) is 59.9 Å². The van der Waals surface area contributed by atoms with Gasteiger partial charge in [-0.15, -0.1) is 0 Å². The van der Waals surface area contributed by atoms with Crippen molar-refractivity contribution in [1.82, 2.24) is 5.32 Å². The number of hydrogen-bond acceptors (Lipinski definition) is 4. The largest absolute Gasteiger partial charge is 0.348 e. The van der Waals surface area contributed by atoms with Crippen LogP contribution in [0, 0.1) is 5.92 Å². The Kier molecular flexibility index (Phi) is 7.72. The fourth-order valence-corrected chi connectivity index (χ4v) is 4.50. The fraction of sp³-hybridized carbons (Fsp3) is 0.250. The van der Waals surface area contributed by atoms with E-state index in [0.29, 0.717) is 47.0 Å². The molecule has 0 radical (unpaired) electrons. The van der Waals surface area contributed by atoms with Gasteiger partial charge in [0.2, 0.25) is 5.91 Å². The van der Waals surface area contributed by atoms with E-state index in [4.69, 9.17) is 17.3 Å². The molecule has 7 nitrogen and oxygen atoms in total. The summed E-state index contributed by atoms with van der Waals surface area (Å²) in [6.45, 7) is 4.77. The van der Waals surface area contributed by atoms with Crippen LogP contribution in [0.1, 0.15) is 52.1 Å². The van der Waals surface area contributed by atoms with E-state index >= 15 is 0 Å². The maximum atomic E-state index is 13.6. The third kappa shape index (κ3) is 5.58. The van der Waals surface area contributed by atoms with Crippen LogP contribution in [0.25, 0.3) is 0 Å². The van der Waals surface area contributed by atoms with E-state index in [2.05, 4.69) is 10.6 Å². The van der Waals surface area contributed by atoms with Crippen molar-refractivity contribution in [3.05, 3.63) is 94.0 Å². The Hall–Kier alpha value is -3.68. The molecule has 4 rings (SSSR count). The van der Waals surface area contributed by atoms with Gasteiger partial charge in [-0.3, -0.25) is 19.3 Å². The molecule has 1 heterocycles. The van der Waals surface area contributed by atoms with Crippen LogP contribution in [0.15, 0.2) is 66.7 Å². The first-order valence-corrected chi connectivity index (χ1v) is 12.2. The average molecular weight is 505 g/mol. The van der Waals surface area contributed by atoms with Gasteiger partial charge in [0.05, 0.1) is 11.4 Å². The minimum Gasteiger partial charge on any atom is -0.348 e. The van der Waals surface area contributed by atoms with E-state index in [1.807, 2.05) is 38.1 Å². The Morgan fingerprint density at radius 1 is 1.03 bits per heavy atom. The molecule has 0 aromatic heterocycles. The molecule has 0 aliphatic carbocycles. The number of carbonyl (C=O) groups excluding carboxylic acids is 3. The Bertz CT molecular complexity index is 1310. The van der Waals surface area contributed by atoms with Crippen molar-refractivity contribution >= 4 is 40.7 Å². The number of nitrogens with one attached hydrogen (secondary N) is 2. The van der Waals surface area contributed by atoms with Crippen molar-refractivity contribution in [2.24, 2.45) is 11.7 Å². The van der Waals surface area contributed by atoms with Gasteiger partial charge in [0.25, 0.3) is 11.8 Å². The minimum absolute atomic E-state index is 0.180. The molecule has 3 aromatic carbocycles. The molecule has 1 atom stereocenters. The minimum atomic E-state index is -0.682. The summed E-state index contributed by atoms with van der Waals surface area (Å²) in [4.78, 5) is 41.1. The van der Waals surface area contributed by atoms with Crippen LogP contribution in [0.3, 0.4) is 0 Å². The molecular weight excluding hydrogens is 476 g/mol. The summed E-state index contributed by atoms with van der Waals surface area (Å²) in [5.41, 5.74) is 9.33. The zero-order valence-corrected chi connectivity index (χ0v) is 21.0. The number of fused-ring (bicyclic) bond motifs is 1. The first-order valence-electron chi connectivity index (χ1n) is 11.9. The molecule has 0 saturated heterocycles. The quantitative estimate of drug-likeness (QED) is 0.432. The SMILES string of the molecule is CC(C)CC1C(=O)Nc2cc(C(=O)NCc3cccc(CN)c3)ccc2N1C(=O)c1cccc(Cl)c1. The summed E-state index contributed by atoms with van der Waals surface area (Å²) in [6.07, 6.45) is 0.488. The number of benzene rings is 3. The number of hydrogen-bond donors (Lipinski definition) is 3. The van der Waals surface area contributed by atoms with E-state index in [1.165, 1.54) is 4.90 Å². The van der Waals surface area contributed by atoms with Crippen LogP contribution >= 0.6 is 11.6 Å². The van der Waals surface area contributed by atoms with Crippen LogP contribution in [0.2, 0.25) is 5.02 Å².